The van der Waals surface area contributed by atoms with Crippen LogP contribution in [0.4, 0.5) is 11.4 Å². The first-order valence-electron chi connectivity index (χ1n) is 9.75. The van der Waals surface area contributed by atoms with Crippen molar-refractivity contribution in [3.8, 4) is 5.75 Å². The summed E-state index contributed by atoms with van der Waals surface area (Å²) in [5, 5.41) is 2.99. The van der Waals surface area contributed by atoms with Crippen molar-refractivity contribution in [2.24, 2.45) is 5.73 Å². The van der Waals surface area contributed by atoms with Crippen LogP contribution < -0.4 is 20.7 Å². The summed E-state index contributed by atoms with van der Waals surface area (Å²) in [6, 6.07) is 10.9. The fraction of sp³-hybridized carbons (Fsp3) is 0.364. The van der Waals surface area contributed by atoms with Gasteiger partial charge in [-0.3, -0.25) is 9.59 Å². The van der Waals surface area contributed by atoms with Gasteiger partial charge in [-0.1, -0.05) is 19.1 Å². The summed E-state index contributed by atoms with van der Waals surface area (Å²) >= 11 is 0. The second-order valence-corrected chi connectivity index (χ2v) is 7.58. The predicted molar refractivity (Wildman–Crippen MR) is 109 cm³/mol. The number of hydrogen-bond acceptors (Lipinski definition) is 4. The first-order chi connectivity index (χ1) is 13.5. The van der Waals surface area contributed by atoms with Crippen LogP contribution in [0.15, 0.2) is 36.4 Å². The van der Waals surface area contributed by atoms with Crippen LogP contribution in [0, 0.1) is 0 Å². The van der Waals surface area contributed by atoms with Crippen LogP contribution >= 0.6 is 0 Å². The molecule has 3 N–H and O–H groups in total. The van der Waals surface area contributed by atoms with Crippen LogP contribution in [-0.2, 0) is 0 Å². The van der Waals surface area contributed by atoms with Gasteiger partial charge in [0.1, 0.15) is 11.9 Å². The lowest BCUT2D eigenvalue weighted by Gasteiger charge is -2.22. The monoisotopic (exact) mass is 379 g/mol. The number of carbonyl (C=O) groups excluding carboxylic acids is 2. The van der Waals surface area contributed by atoms with Crippen molar-refractivity contribution >= 4 is 23.2 Å². The Balaban J connectivity index is 1.68. The Kier molecular flexibility index (Phi) is 4.71. The molecule has 2 amide bonds. The Bertz CT molecular complexity index is 935. The highest BCUT2D eigenvalue weighted by Crippen LogP contribution is 2.40. The number of primary amides is 1. The number of amides is 2. The van der Waals surface area contributed by atoms with Crippen LogP contribution in [-0.4, -0.2) is 31.0 Å². The van der Waals surface area contributed by atoms with Gasteiger partial charge in [-0.05, 0) is 44.0 Å². The van der Waals surface area contributed by atoms with Crippen molar-refractivity contribution in [1.82, 2.24) is 0 Å². The smallest absolute Gasteiger partial charge is 0.259 e. The Morgan fingerprint density at radius 1 is 1.14 bits per heavy atom. The molecule has 6 nitrogen and oxygen atoms in total. The zero-order valence-corrected chi connectivity index (χ0v) is 16.2. The van der Waals surface area contributed by atoms with Gasteiger partial charge in [-0.25, -0.2) is 0 Å². The Morgan fingerprint density at radius 2 is 1.89 bits per heavy atom. The lowest BCUT2D eigenvalue weighted by Crippen LogP contribution is -2.22. The fourth-order valence-corrected chi connectivity index (χ4v) is 3.98. The predicted octanol–water partition coefficient (Wildman–Crippen LogP) is 3.52. The number of nitrogens with two attached hydrogens (primary N) is 1. The number of ether oxygens (including phenoxy) is 1. The molecule has 2 aliphatic rings. The maximum atomic E-state index is 13.1. The molecule has 2 aromatic carbocycles. The van der Waals surface area contributed by atoms with Crippen molar-refractivity contribution < 1.29 is 14.3 Å². The fourth-order valence-electron chi connectivity index (χ4n) is 3.98. The topological polar surface area (TPSA) is 84.7 Å². The molecule has 2 aliphatic heterocycles. The Labute approximate surface area is 164 Å². The van der Waals surface area contributed by atoms with Crippen molar-refractivity contribution in [2.45, 2.75) is 38.7 Å². The van der Waals surface area contributed by atoms with Gasteiger partial charge in [-0.2, -0.15) is 0 Å². The molecule has 2 aromatic rings. The van der Waals surface area contributed by atoms with Gasteiger partial charge >= 0.3 is 0 Å². The number of para-hydroxylation sites is 1. The zero-order chi connectivity index (χ0) is 19.8. The number of rotatable bonds is 4. The largest absolute Gasteiger partial charge is 0.489 e. The minimum Gasteiger partial charge on any atom is -0.489 e. The third-order valence-corrected chi connectivity index (χ3v) is 5.76. The summed E-state index contributed by atoms with van der Waals surface area (Å²) in [6.07, 6.45) is 2.25. The van der Waals surface area contributed by atoms with E-state index in [1.54, 1.807) is 18.2 Å². The maximum Gasteiger partial charge on any atom is 0.259 e. The standard InChI is InChI=1S/C22H25N3O3/c1-13-14(2)28-20-16(13)6-5-7-17(20)22(27)24-18-12-15(21(23)26)8-9-19(18)25-10-3-4-11-25/h5-9,12-14H,3-4,10-11H2,1-2H3,(H2,23,26)(H,24,27). The van der Waals surface area contributed by atoms with Crippen molar-refractivity contribution in [2.75, 3.05) is 23.3 Å². The number of nitrogens with one attached hydrogen (secondary N) is 1. The Morgan fingerprint density at radius 3 is 2.61 bits per heavy atom. The first-order valence-corrected chi connectivity index (χ1v) is 9.75. The van der Waals surface area contributed by atoms with Gasteiger partial charge in [0.2, 0.25) is 5.91 Å². The number of carbonyl (C=O) groups is 2. The highest BCUT2D eigenvalue weighted by Gasteiger charge is 2.31. The molecule has 0 radical (unpaired) electrons. The molecule has 28 heavy (non-hydrogen) atoms. The molecule has 2 unspecified atom stereocenters. The number of hydrogen-bond donors (Lipinski definition) is 2. The van der Waals surface area contributed by atoms with E-state index in [1.807, 2.05) is 25.1 Å². The average Bonchev–Trinajstić information content (AvgIpc) is 3.30. The number of nitrogens with zero attached hydrogens (tertiary/aromatic N) is 1. The molecule has 0 bridgehead atoms. The van der Waals surface area contributed by atoms with E-state index < -0.39 is 5.91 Å². The molecule has 0 aliphatic carbocycles. The van der Waals surface area contributed by atoms with E-state index in [2.05, 4.69) is 17.1 Å². The van der Waals surface area contributed by atoms with E-state index >= 15 is 0 Å². The average molecular weight is 379 g/mol. The van der Waals surface area contributed by atoms with E-state index in [1.165, 1.54) is 0 Å². The lowest BCUT2D eigenvalue weighted by atomic mass is 9.97. The third-order valence-electron chi connectivity index (χ3n) is 5.76. The number of benzene rings is 2. The maximum absolute atomic E-state index is 13.1. The van der Waals surface area contributed by atoms with E-state index in [4.69, 9.17) is 10.5 Å². The van der Waals surface area contributed by atoms with Crippen molar-refractivity contribution in [1.29, 1.82) is 0 Å². The first kappa shape index (κ1) is 18.3. The third kappa shape index (κ3) is 3.19. The molecule has 0 aromatic heterocycles. The van der Waals surface area contributed by atoms with Crippen LogP contribution in [0.2, 0.25) is 0 Å². The summed E-state index contributed by atoms with van der Waals surface area (Å²) in [5.41, 5.74) is 8.88. The van der Waals surface area contributed by atoms with Gasteiger partial charge in [0.05, 0.1) is 16.9 Å². The summed E-state index contributed by atoms with van der Waals surface area (Å²) in [7, 11) is 0. The number of fused-ring (bicyclic) bond motifs is 1. The minimum absolute atomic E-state index is 0.0299. The van der Waals surface area contributed by atoms with Gasteiger partial charge in [0.15, 0.2) is 0 Å². The normalized spacial score (nSPS) is 20.6. The van der Waals surface area contributed by atoms with E-state index in [0.29, 0.717) is 22.6 Å². The van der Waals surface area contributed by atoms with Crippen LogP contribution in [0.3, 0.4) is 0 Å². The SMILES string of the molecule is CC1Oc2c(C(=O)Nc3cc(C(N)=O)ccc3N3CCCC3)cccc2C1C. The molecule has 0 saturated carbocycles. The lowest BCUT2D eigenvalue weighted by molar-refractivity contribution is 0.0995. The van der Waals surface area contributed by atoms with Crippen LogP contribution in [0.5, 0.6) is 5.75 Å². The summed E-state index contributed by atoms with van der Waals surface area (Å²) in [5.74, 6) is 0.116. The van der Waals surface area contributed by atoms with Crippen LogP contribution in [0.1, 0.15) is 58.9 Å². The highest BCUT2D eigenvalue weighted by atomic mass is 16.5. The molecule has 0 spiro atoms. The van der Waals surface area contributed by atoms with Gasteiger partial charge < -0.3 is 20.7 Å². The van der Waals surface area contributed by atoms with Crippen molar-refractivity contribution in [3.63, 3.8) is 0 Å². The molecule has 1 saturated heterocycles. The van der Waals surface area contributed by atoms with Gasteiger partial charge in [0, 0.05) is 30.1 Å². The number of anilines is 2. The summed E-state index contributed by atoms with van der Waals surface area (Å²) in [6.45, 7) is 5.96. The quantitative estimate of drug-likeness (QED) is 0.851. The summed E-state index contributed by atoms with van der Waals surface area (Å²) < 4.78 is 5.96. The minimum atomic E-state index is -0.518. The molecule has 146 valence electrons. The zero-order valence-electron chi connectivity index (χ0n) is 16.2. The second-order valence-electron chi connectivity index (χ2n) is 7.58. The molecular weight excluding hydrogens is 354 g/mol. The second kappa shape index (κ2) is 7.19. The van der Waals surface area contributed by atoms with Crippen LogP contribution in [0.25, 0.3) is 0 Å². The van der Waals surface area contributed by atoms with Gasteiger partial charge in [0.25, 0.3) is 5.91 Å². The van der Waals surface area contributed by atoms with E-state index in [9.17, 15) is 9.59 Å². The molecular formula is C22H25N3O3. The Hall–Kier alpha value is -3.02. The molecule has 1 fully saturated rings. The van der Waals surface area contributed by atoms with E-state index in [-0.39, 0.29) is 17.9 Å². The van der Waals surface area contributed by atoms with Crippen molar-refractivity contribution in [3.05, 3.63) is 53.1 Å². The molecule has 2 heterocycles. The summed E-state index contributed by atoms with van der Waals surface area (Å²) in [4.78, 5) is 27.0. The molecule has 4 rings (SSSR count). The van der Waals surface area contributed by atoms with Gasteiger partial charge in [-0.15, -0.1) is 0 Å². The van der Waals surface area contributed by atoms with E-state index in [0.717, 1.165) is 37.2 Å². The molecule has 6 heteroatoms. The highest BCUT2D eigenvalue weighted by molar-refractivity contribution is 6.09. The molecule has 2 atom stereocenters.